The summed E-state index contributed by atoms with van der Waals surface area (Å²) in [6, 6.07) is 20.6. The lowest BCUT2D eigenvalue weighted by Gasteiger charge is -2.13. The van der Waals surface area contributed by atoms with Crippen LogP contribution < -0.4 is 0 Å². The predicted octanol–water partition coefficient (Wildman–Crippen LogP) is 5.75. The molecule has 0 atom stereocenters. The van der Waals surface area contributed by atoms with Crippen LogP contribution in [0.2, 0.25) is 0 Å². The quantitative estimate of drug-likeness (QED) is 0.436. The molecule has 3 aromatic carbocycles. The minimum Gasteiger partial charge on any atom is -0.298 e. The lowest BCUT2D eigenvalue weighted by Crippen LogP contribution is -1.97. The zero-order chi connectivity index (χ0) is 18.8. The number of pyridine rings is 1. The van der Waals surface area contributed by atoms with Crippen molar-refractivity contribution in [2.45, 2.75) is 13.3 Å². The highest BCUT2D eigenvalue weighted by Crippen LogP contribution is 2.32. The molecule has 0 bridgehead atoms. The Morgan fingerprint density at radius 1 is 0.963 bits per heavy atom. The van der Waals surface area contributed by atoms with Crippen molar-refractivity contribution < 1.29 is 9.18 Å². The van der Waals surface area contributed by atoms with Crippen LogP contribution in [0.5, 0.6) is 0 Å². The molecule has 0 N–H and O–H groups in total. The van der Waals surface area contributed by atoms with Crippen molar-refractivity contribution in [1.29, 1.82) is 0 Å². The fourth-order valence-electron chi connectivity index (χ4n) is 3.40. The van der Waals surface area contributed by atoms with Crippen molar-refractivity contribution in [2.24, 2.45) is 0 Å². The van der Waals surface area contributed by atoms with Crippen molar-refractivity contribution in [3.63, 3.8) is 0 Å². The van der Waals surface area contributed by atoms with Crippen LogP contribution in [0.3, 0.4) is 0 Å². The van der Waals surface area contributed by atoms with Crippen LogP contribution in [0.25, 0.3) is 22.0 Å². The van der Waals surface area contributed by atoms with Gasteiger partial charge in [-0.25, -0.2) is 4.39 Å². The number of nitrogens with zero attached hydrogens (tertiary/aromatic N) is 1. The van der Waals surface area contributed by atoms with Gasteiger partial charge in [-0.2, -0.15) is 0 Å². The Labute approximate surface area is 157 Å². The van der Waals surface area contributed by atoms with E-state index in [2.05, 4.69) is 11.1 Å². The van der Waals surface area contributed by atoms with Gasteiger partial charge in [-0.1, -0.05) is 42.5 Å². The number of carbonyl (C=O) groups excluding carboxylic acids is 1. The van der Waals surface area contributed by atoms with Crippen molar-refractivity contribution in [3.8, 4) is 11.1 Å². The molecule has 2 nitrogen and oxygen atoms in total. The number of aryl methyl sites for hydroxylation is 1. The summed E-state index contributed by atoms with van der Waals surface area (Å²) < 4.78 is 13.1. The molecule has 0 saturated carbocycles. The maximum Gasteiger partial charge on any atom is 0.150 e. The summed E-state index contributed by atoms with van der Waals surface area (Å²) in [5.41, 5.74) is 6.48. The van der Waals surface area contributed by atoms with Gasteiger partial charge in [0.2, 0.25) is 0 Å². The maximum absolute atomic E-state index is 13.1. The topological polar surface area (TPSA) is 30.0 Å². The van der Waals surface area contributed by atoms with Gasteiger partial charge >= 0.3 is 0 Å². The largest absolute Gasteiger partial charge is 0.298 e. The van der Waals surface area contributed by atoms with E-state index in [0.717, 1.165) is 45.0 Å². The van der Waals surface area contributed by atoms with Crippen molar-refractivity contribution >= 4 is 17.2 Å². The molecule has 1 aromatic heterocycles. The highest BCUT2D eigenvalue weighted by molar-refractivity contribution is 6.01. The first-order chi connectivity index (χ1) is 13.2. The SMILES string of the molecule is Cc1c(C=O)cc(-c2ccccc2)c2cc(Cc3ccc(F)cc3)cnc12. The first kappa shape index (κ1) is 17.1. The van der Waals surface area contributed by atoms with Gasteiger partial charge in [0.1, 0.15) is 12.1 Å². The zero-order valence-electron chi connectivity index (χ0n) is 14.9. The molecule has 0 amide bonds. The van der Waals surface area contributed by atoms with Crippen LogP contribution in [0.15, 0.2) is 72.9 Å². The number of aromatic nitrogens is 1. The smallest absolute Gasteiger partial charge is 0.150 e. The van der Waals surface area contributed by atoms with Gasteiger partial charge in [0, 0.05) is 17.1 Å². The Morgan fingerprint density at radius 3 is 2.41 bits per heavy atom. The number of rotatable bonds is 4. The van der Waals surface area contributed by atoms with Crippen LogP contribution in [-0.4, -0.2) is 11.3 Å². The minimum atomic E-state index is -0.237. The van der Waals surface area contributed by atoms with Gasteiger partial charge in [-0.05, 0) is 65.4 Å². The Bertz CT molecular complexity index is 1120. The van der Waals surface area contributed by atoms with Crippen LogP contribution >= 0.6 is 0 Å². The number of hydrogen-bond donors (Lipinski definition) is 0. The van der Waals surface area contributed by atoms with Gasteiger partial charge in [0.15, 0.2) is 0 Å². The molecule has 0 aliphatic rings. The van der Waals surface area contributed by atoms with Gasteiger partial charge in [0.05, 0.1) is 5.52 Å². The summed E-state index contributed by atoms with van der Waals surface area (Å²) in [5.74, 6) is -0.237. The third kappa shape index (κ3) is 3.36. The number of halogens is 1. The standard InChI is InChI=1S/C24H18FNO/c1-16-20(15-27)13-22(19-5-3-2-4-6-19)23-12-18(14-26-24(16)23)11-17-7-9-21(25)10-8-17/h2-10,12-15H,11H2,1H3. The summed E-state index contributed by atoms with van der Waals surface area (Å²) in [4.78, 5) is 16.2. The minimum absolute atomic E-state index is 0.237. The van der Waals surface area contributed by atoms with Gasteiger partial charge in [0.25, 0.3) is 0 Å². The summed E-state index contributed by atoms with van der Waals surface area (Å²) >= 11 is 0. The van der Waals surface area contributed by atoms with E-state index in [1.54, 1.807) is 12.1 Å². The molecule has 3 heteroatoms. The van der Waals surface area contributed by atoms with Crippen molar-refractivity contribution in [3.05, 3.63) is 101 Å². The lowest BCUT2D eigenvalue weighted by molar-refractivity contribution is 0.112. The lowest BCUT2D eigenvalue weighted by atomic mass is 9.93. The molecule has 4 rings (SSSR count). The molecular formula is C24H18FNO. The third-order valence-corrected chi connectivity index (χ3v) is 4.86. The number of aldehydes is 1. The first-order valence-corrected chi connectivity index (χ1v) is 8.83. The summed E-state index contributed by atoms with van der Waals surface area (Å²) in [7, 11) is 0. The van der Waals surface area contributed by atoms with E-state index in [0.29, 0.717) is 12.0 Å². The Balaban J connectivity index is 1.88. The monoisotopic (exact) mass is 355 g/mol. The fourth-order valence-corrected chi connectivity index (χ4v) is 3.40. The average molecular weight is 355 g/mol. The molecule has 0 saturated heterocycles. The van der Waals surface area contributed by atoms with Crippen LogP contribution in [-0.2, 0) is 6.42 Å². The second kappa shape index (κ2) is 7.12. The van der Waals surface area contributed by atoms with Gasteiger partial charge in [-0.15, -0.1) is 0 Å². The second-order valence-corrected chi connectivity index (χ2v) is 6.67. The highest BCUT2D eigenvalue weighted by Gasteiger charge is 2.12. The molecule has 0 aliphatic heterocycles. The van der Waals surface area contributed by atoms with E-state index in [-0.39, 0.29) is 5.82 Å². The first-order valence-electron chi connectivity index (χ1n) is 8.83. The van der Waals surface area contributed by atoms with Crippen molar-refractivity contribution in [1.82, 2.24) is 4.98 Å². The van der Waals surface area contributed by atoms with E-state index in [4.69, 9.17) is 0 Å². The Kier molecular flexibility index (Phi) is 4.51. The van der Waals surface area contributed by atoms with Gasteiger partial charge < -0.3 is 0 Å². The Morgan fingerprint density at radius 2 is 1.70 bits per heavy atom. The van der Waals surface area contributed by atoms with E-state index in [1.807, 2.05) is 49.5 Å². The summed E-state index contributed by atoms with van der Waals surface area (Å²) in [6.07, 6.45) is 3.39. The molecule has 0 radical (unpaired) electrons. The molecular weight excluding hydrogens is 337 g/mol. The summed E-state index contributed by atoms with van der Waals surface area (Å²) in [5, 5.41) is 1.02. The highest BCUT2D eigenvalue weighted by atomic mass is 19.1. The molecule has 0 spiro atoms. The second-order valence-electron chi connectivity index (χ2n) is 6.67. The van der Waals surface area contributed by atoms with E-state index >= 15 is 0 Å². The number of fused-ring (bicyclic) bond motifs is 1. The Hall–Kier alpha value is -3.33. The van der Waals surface area contributed by atoms with Crippen LogP contribution in [0.4, 0.5) is 4.39 Å². The zero-order valence-corrected chi connectivity index (χ0v) is 14.9. The van der Waals surface area contributed by atoms with Gasteiger partial charge in [-0.3, -0.25) is 9.78 Å². The van der Waals surface area contributed by atoms with Crippen molar-refractivity contribution in [2.75, 3.05) is 0 Å². The molecule has 1 heterocycles. The third-order valence-electron chi connectivity index (χ3n) is 4.86. The number of benzene rings is 3. The fraction of sp³-hybridized carbons (Fsp3) is 0.0833. The number of hydrogen-bond acceptors (Lipinski definition) is 2. The van der Waals surface area contributed by atoms with Crippen LogP contribution in [0.1, 0.15) is 27.0 Å². The van der Waals surface area contributed by atoms with Crippen LogP contribution in [0, 0.1) is 12.7 Å². The predicted molar refractivity (Wildman–Crippen MR) is 107 cm³/mol. The molecule has 27 heavy (non-hydrogen) atoms. The van der Waals surface area contributed by atoms with E-state index in [1.165, 1.54) is 12.1 Å². The molecule has 4 aromatic rings. The maximum atomic E-state index is 13.1. The summed E-state index contributed by atoms with van der Waals surface area (Å²) in [6.45, 7) is 1.92. The molecule has 0 aliphatic carbocycles. The number of carbonyl (C=O) groups is 1. The molecule has 0 unspecified atom stereocenters. The van der Waals surface area contributed by atoms with E-state index < -0.39 is 0 Å². The average Bonchev–Trinajstić information content (AvgIpc) is 2.71. The van der Waals surface area contributed by atoms with E-state index in [9.17, 15) is 9.18 Å². The normalized spacial score (nSPS) is 10.9. The molecule has 0 fully saturated rings. The molecule has 132 valence electrons.